The van der Waals surface area contributed by atoms with Gasteiger partial charge in [-0.1, -0.05) is 42.4 Å². The van der Waals surface area contributed by atoms with Crippen LogP contribution in [0.2, 0.25) is 0 Å². The zero-order chi connectivity index (χ0) is 37.1. The van der Waals surface area contributed by atoms with Crippen molar-refractivity contribution in [1.82, 2.24) is 35.0 Å². The molecule has 7 rings (SSSR count). The third-order valence-corrected chi connectivity index (χ3v) is 10.2. The topological polar surface area (TPSA) is 204 Å². The van der Waals surface area contributed by atoms with Crippen molar-refractivity contribution in [2.45, 2.75) is 63.3 Å². The first-order valence-corrected chi connectivity index (χ1v) is 17.7. The van der Waals surface area contributed by atoms with Gasteiger partial charge in [0, 0.05) is 66.5 Å². The van der Waals surface area contributed by atoms with E-state index in [4.69, 9.17) is 5.53 Å². The van der Waals surface area contributed by atoms with Crippen molar-refractivity contribution in [3.05, 3.63) is 93.9 Å². The lowest BCUT2D eigenvalue weighted by Gasteiger charge is -2.26. The second-order valence-corrected chi connectivity index (χ2v) is 13.9. The maximum Gasteiger partial charge on any atom is 0.290 e. The Labute approximate surface area is 304 Å². The van der Waals surface area contributed by atoms with E-state index in [1.165, 1.54) is 5.56 Å². The highest BCUT2D eigenvalue weighted by Crippen LogP contribution is 2.37. The Morgan fingerprint density at radius 2 is 1.94 bits per heavy atom. The molecule has 3 aromatic heterocycles. The second kappa shape index (κ2) is 14.8. The van der Waals surface area contributed by atoms with Crippen molar-refractivity contribution < 1.29 is 19.2 Å². The van der Waals surface area contributed by atoms with E-state index < -0.39 is 11.8 Å². The zero-order valence-corrected chi connectivity index (χ0v) is 29.6. The lowest BCUT2D eigenvalue weighted by molar-refractivity contribution is -0.134. The van der Waals surface area contributed by atoms with Gasteiger partial charge in [0.2, 0.25) is 23.5 Å². The maximum absolute atomic E-state index is 13.1. The molecule has 272 valence electrons. The number of fused-ring (bicyclic) bond motifs is 2. The van der Waals surface area contributed by atoms with Gasteiger partial charge in [-0.05, 0) is 61.0 Å². The van der Waals surface area contributed by atoms with Gasteiger partial charge in [-0.2, -0.15) is 5.10 Å². The van der Waals surface area contributed by atoms with Crippen LogP contribution in [0.4, 0.5) is 11.4 Å². The zero-order valence-electron chi connectivity index (χ0n) is 29.6. The molecule has 5 aromatic rings. The summed E-state index contributed by atoms with van der Waals surface area (Å²) in [6, 6.07) is 17.8. The molecule has 2 fully saturated rings. The second-order valence-electron chi connectivity index (χ2n) is 13.9. The van der Waals surface area contributed by atoms with E-state index in [2.05, 4.69) is 77.2 Å². The van der Waals surface area contributed by atoms with Gasteiger partial charge in [0.15, 0.2) is 5.65 Å². The van der Waals surface area contributed by atoms with Crippen LogP contribution in [0.5, 0.6) is 0 Å². The van der Waals surface area contributed by atoms with Gasteiger partial charge in [-0.15, -0.1) is 5.10 Å². The van der Waals surface area contributed by atoms with Crippen molar-refractivity contribution in [1.29, 1.82) is 0 Å². The lowest BCUT2D eigenvalue weighted by atomic mass is 9.82. The van der Waals surface area contributed by atoms with Crippen molar-refractivity contribution in [2.75, 3.05) is 29.9 Å². The number of benzene rings is 2. The fourth-order valence-corrected chi connectivity index (χ4v) is 7.29. The fraction of sp³-hybridized carbons (Fsp3) is 0.378. The van der Waals surface area contributed by atoms with Crippen LogP contribution in [-0.4, -0.2) is 67.6 Å². The number of amides is 4. The first-order valence-electron chi connectivity index (χ1n) is 17.7. The summed E-state index contributed by atoms with van der Waals surface area (Å²) in [7, 11) is 1.79. The SMILES string of the molecule is Cn1nc(C2CCC(=O)NC2=O)c2cc(NC(=O)CCCCNC(=O)c3nc4c(CN=[N+]=[N-])cc(N5CC[C@](C)(c6ccccc6)C5)cn4n3)ccc21. The molecule has 3 N–H and O–H groups in total. The van der Waals surface area contributed by atoms with Gasteiger partial charge in [-0.25, -0.2) is 9.50 Å². The molecule has 2 aromatic carbocycles. The minimum absolute atomic E-state index is 0.0000895. The van der Waals surface area contributed by atoms with E-state index in [1.54, 1.807) is 28.4 Å². The minimum Gasteiger partial charge on any atom is -0.369 e. The third-order valence-electron chi connectivity index (χ3n) is 10.2. The molecule has 2 saturated heterocycles. The molecule has 0 spiro atoms. The molecule has 0 saturated carbocycles. The average Bonchev–Trinajstić information content (AvgIpc) is 3.86. The van der Waals surface area contributed by atoms with Crippen LogP contribution in [0.15, 0.2) is 65.9 Å². The van der Waals surface area contributed by atoms with Crippen LogP contribution >= 0.6 is 0 Å². The molecule has 4 amide bonds. The summed E-state index contributed by atoms with van der Waals surface area (Å²) in [4.78, 5) is 59.7. The predicted molar refractivity (Wildman–Crippen MR) is 197 cm³/mol. The number of aryl methyl sites for hydroxylation is 1. The van der Waals surface area contributed by atoms with Crippen LogP contribution in [0.25, 0.3) is 27.0 Å². The molecule has 0 radical (unpaired) electrons. The Hall–Kier alpha value is -6.28. The number of hydrogen-bond acceptors (Lipinski definition) is 9. The fourth-order valence-electron chi connectivity index (χ4n) is 7.29. The molecule has 16 heteroatoms. The highest BCUT2D eigenvalue weighted by atomic mass is 16.2. The van der Waals surface area contributed by atoms with Crippen molar-refractivity contribution in [3.8, 4) is 0 Å². The largest absolute Gasteiger partial charge is 0.369 e. The molecule has 2 atom stereocenters. The molecule has 0 bridgehead atoms. The third kappa shape index (κ3) is 7.39. The van der Waals surface area contributed by atoms with Gasteiger partial charge in [0.1, 0.15) is 0 Å². The number of pyridine rings is 1. The molecule has 1 unspecified atom stereocenters. The molecule has 0 aliphatic carbocycles. The number of hydrogen-bond donors (Lipinski definition) is 3. The Bertz CT molecular complexity index is 2280. The number of piperidine rings is 1. The summed E-state index contributed by atoms with van der Waals surface area (Å²) < 4.78 is 3.26. The highest BCUT2D eigenvalue weighted by molar-refractivity contribution is 6.03. The highest BCUT2D eigenvalue weighted by Gasteiger charge is 2.36. The molecule has 16 nitrogen and oxygen atoms in total. The smallest absolute Gasteiger partial charge is 0.290 e. The molecular formula is C37H40N12O4. The van der Waals surface area contributed by atoms with E-state index in [9.17, 15) is 19.2 Å². The van der Waals surface area contributed by atoms with E-state index in [1.807, 2.05) is 24.4 Å². The van der Waals surface area contributed by atoms with Gasteiger partial charge in [-0.3, -0.25) is 29.2 Å². The quantitative estimate of drug-likeness (QED) is 0.0544. The van der Waals surface area contributed by atoms with E-state index in [-0.39, 0.29) is 48.3 Å². The number of imide groups is 1. The number of carbonyl (C=O) groups is 4. The van der Waals surface area contributed by atoms with Crippen LogP contribution in [0.3, 0.4) is 0 Å². The number of rotatable bonds is 12. The molecule has 2 aliphatic rings. The molecule has 2 aliphatic heterocycles. The number of unbranched alkanes of at least 4 members (excludes halogenated alkanes) is 1. The number of aromatic nitrogens is 5. The summed E-state index contributed by atoms with van der Waals surface area (Å²) in [5, 5.41) is 21.7. The van der Waals surface area contributed by atoms with Crippen molar-refractivity contribution in [2.24, 2.45) is 12.2 Å². The average molecular weight is 717 g/mol. The Kier molecular flexibility index (Phi) is 9.78. The number of nitrogens with one attached hydrogen (secondary N) is 3. The Morgan fingerprint density at radius 1 is 1.11 bits per heavy atom. The van der Waals surface area contributed by atoms with Gasteiger partial charge in [0.05, 0.1) is 35.6 Å². The van der Waals surface area contributed by atoms with Crippen LogP contribution in [-0.2, 0) is 33.4 Å². The molecular weight excluding hydrogens is 676 g/mol. The first-order chi connectivity index (χ1) is 25.6. The van der Waals surface area contributed by atoms with Crippen LogP contribution in [0, 0.1) is 0 Å². The van der Waals surface area contributed by atoms with Gasteiger partial charge >= 0.3 is 0 Å². The lowest BCUT2D eigenvalue weighted by Crippen LogP contribution is -2.39. The Balaban J connectivity index is 0.940. The summed E-state index contributed by atoms with van der Waals surface area (Å²) in [5.74, 6) is -1.83. The van der Waals surface area contributed by atoms with Crippen LogP contribution in [0.1, 0.15) is 78.8 Å². The van der Waals surface area contributed by atoms with Crippen molar-refractivity contribution >= 4 is 51.6 Å². The predicted octanol–water partition coefficient (Wildman–Crippen LogP) is 4.65. The van der Waals surface area contributed by atoms with E-state index in [0.717, 1.165) is 36.1 Å². The van der Waals surface area contributed by atoms with Crippen molar-refractivity contribution in [3.63, 3.8) is 0 Å². The molecule has 5 heterocycles. The standard InChI is InChI=1S/C37H40N12O4/c1-37(24-8-4-3-5-9-24)15-17-48(22-37)26-18-23(20-40-46-38)34-43-33(45-49(34)21-26)36(53)39-16-7-6-10-30(50)41-25-11-13-29-28(19-25)32(44-47(29)2)27-12-14-31(51)42-35(27)52/h3-5,8-9,11,13,18-19,21,27H,6-7,10,12,14-17,20,22H2,1-2H3,(H,39,53)(H,41,50)(H,42,51,52)/t27?,37-/m0/s1. The minimum atomic E-state index is -0.544. The van der Waals surface area contributed by atoms with E-state index >= 15 is 0 Å². The number of carbonyl (C=O) groups excluding carboxylic acids is 4. The first kappa shape index (κ1) is 35.1. The summed E-state index contributed by atoms with van der Waals surface area (Å²) in [5.41, 5.74) is 14.3. The number of nitrogens with zero attached hydrogens (tertiary/aromatic N) is 9. The summed E-state index contributed by atoms with van der Waals surface area (Å²) >= 11 is 0. The number of anilines is 2. The monoisotopic (exact) mass is 716 g/mol. The van der Waals surface area contributed by atoms with Gasteiger partial charge < -0.3 is 15.5 Å². The summed E-state index contributed by atoms with van der Waals surface area (Å²) in [6.45, 7) is 4.28. The van der Waals surface area contributed by atoms with E-state index in [0.29, 0.717) is 48.4 Å². The Morgan fingerprint density at radius 3 is 2.74 bits per heavy atom. The normalized spacial score (nSPS) is 18.6. The van der Waals surface area contributed by atoms with Gasteiger partial charge in [0.25, 0.3) is 5.91 Å². The maximum atomic E-state index is 13.1. The van der Waals surface area contributed by atoms with Crippen LogP contribution < -0.4 is 20.9 Å². The number of azide groups is 1. The molecule has 53 heavy (non-hydrogen) atoms. The summed E-state index contributed by atoms with van der Waals surface area (Å²) in [6.07, 6.45) is 4.77.